The van der Waals surface area contributed by atoms with E-state index in [1.807, 2.05) is 48.7 Å². The van der Waals surface area contributed by atoms with Crippen LogP contribution in [0.25, 0.3) is 11.2 Å². The number of hydrazone groups is 1. The van der Waals surface area contributed by atoms with Crippen molar-refractivity contribution >= 4 is 34.4 Å². The molecule has 3 aromatic rings. The van der Waals surface area contributed by atoms with Gasteiger partial charge in [0.15, 0.2) is 11.5 Å². The molecule has 1 fully saturated rings. The molecule has 0 N–H and O–H groups in total. The topological polar surface area (TPSA) is 94.3 Å². The maximum atomic E-state index is 12.8. The number of methoxy groups -OCH3 is 1. The molecule has 0 unspecified atom stereocenters. The number of aryl methyl sites for hydroxylation is 1. The normalized spacial score (nSPS) is 14.2. The highest BCUT2D eigenvalue weighted by molar-refractivity contribution is 6.01. The second-order valence-electron chi connectivity index (χ2n) is 8.74. The summed E-state index contributed by atoms with van der Waals surface area (Å²) in [5.74, 6) is -0.121. The molecule has 0 atom stereocenters. The first kappa shape index (κ1) is 26.3. The van der Waals surface area contributed by atoms with E-state index in [0.29, 0.717) is 56.6 Å². The third-order valence-corrected chi connectivity index (χ3v) is 6.10. The van der Waals surface area contributed by atoms with Gasteiger partial charge < -0.3 is 23.7 Å². The molecular formula is C27H34N6O4. The van der Waals surface area contributed by atoms with E-state index in [1.54, 1.807) is 20.4 Å². The molecule has 0 spiro atoms. The number of nitrogens with zero attached hydrogens (tertiary/aromatic N) is 6. The van der Waals surface area contributed by atoms with Crippen LogP contribution in [0.3, 0.4) is 0 Å². The minimum absolute atomic E-state index is 0.0663. The Balaban J connectivity index is 1.87. The first-order valence-electron chi connectivity index (χ1n) is 12.4. The van der Waals surface area contributed by atoms with Crippen LogP contribution in [0, 0.1) is 6.92 Å². The predicted octanol–water partition coefficient (Wildman–Crippen LogP) is 3.53. The minimum atomic E-state index is -0.564. The van der Waals surface area contributed by atoms with E-state index in [0.717, 1.165) is 22.3 Å². The highest BCUT2D eigenvalue weighted by Gasteiger charge is 2.25. The lowest BCUT2D eigenvalue weighted by molar-refractivity contribution is -0.138. The van der Waals surface area contributed by atoms with Crippen molar-refractivity contribution in [1.29, 1.82) is 0 Å². The molecule has 4 rings (SSSR count). The van der Waals surface area contributed by atoms with Gasteiger partial charge >= 0.3 is 5.97 Å². The largest absolute Gasteiger partial charge is 0.461 e. The molecule has 0 bridgehead atoms. The predicted molar refractivity (Wildman–Crippen MR) is 144 cm³/mol. The Labute approximate surface area is 217 Å². The fraction of sp³-hybridized carbons (Fsp3) is 0.407. The third kappa shape index (κ3) is 5.98. The van der Waals surface area contributed by atoms with Crippen molar-refractivity contribution in [2.24, 2.45) is 5.10 Å². The van der Waals surface area contributed by atoms with Gasteiger partial charge in [0.2, 0.25) is 0 Å². The van der Waals surface area contributed by atoms with Crippen LogP contribution >= 0.6 is 0 Å². The van der Waals surface area contributed by atoms with E-state index >= 15 is 0 Å². The Bertz CT molecular complexity index is 1300. The number of carbonyl (C=O) groups excluding carboxylic acids is 1. The monoisotopic (exact) mass is 506 g/mol. The average molecular weight is 507 g/mol. The van der Waals surface area contributed by atoms with Crippen LogP contribution in [-0.4, -0.2) is 72.8 Å². The van der Waals surface area contributed by atoms with Crippen LogP contribution in [-0.2, 0) is 25.5 Å². The standard InChI is InChI=1S/C27H34N6O4/c1-6-37-27(34)21(4)33(30-20(3)22-9-7-8-19(2)16-22)24-17-23(31-11-14-36-15-12-31)25-26(29-24)32(18-28-25)10-13-35-5/h7-9,16-18H,4,6,10-15H2,1-3,5H3/b30-20+. The second-order valence-corrected chi connectivity index (χ2v) is 8.74. The molecule has 10 nitrogen and oxygen atoms in total. The highest BCUT2D eigenvalue weighted by Crippen LogP contribution is 2.32. The summed E-state index contributed by atoms with van der Waals surface area (Å²) in [5.41, 5.74) is 5.14. The molecular weight excluding hydrogens is 472 g/mol. The summed E-state index contributed by atoms with van der Waals surface area (Å²) in [6.45, 7) is 13.7. The Kier molecular flexibility index (Phi) is 8.52. The number of anilines is 2. The van der Waals surface area contributed by atoms with Gasteiger partial charge in [0.25, 0.3) is 0 Å². The van der Waals surface area contributed by atoms with E-state index < -0.39 is 5.97 Å². The lowest BCUT2D eigenvalue weighted by Gasteiger charge is -2.30. The molecule has 196 valence electrons. The van der Waals surface area contributed by atoms with Crippen molar-refractivity contribution in [1.82, 2.24) is 14.5 Å². The summed E-state index contributed by atoms with van der Waals surface area (Å²) >= 11 is 0. The maximum Gasteiger partial charge on any atom is 0.356 e. The van der Waals surface area contributed by atoms with Crippen LogP contribution in [0.4, 0.5) is 11.5 Å². The Morgan fingerprint density at radius 2 is 2.05 bits per heavy atom. The van der Waals surface area contributed by atoms with Gasteiger partial charge in [-0.15, -0.1) is 0 Å². The van der Waals surface area contributed by atoms with Gasteiger partial charge in [-0.05, 0) is 26.3 Å². The number of pyridine rings is 1. The molecule has 0 radical (unpaired) electrons. The summed E-state index contributed by atoms with van der Waals surface area (Å²) in [7, 11) is 1.66. The van der Waals surface area contributed by atoms with Crippen molar-refractivity contribution < 1.29 is 19.0 Å². The second kappa shape index (κ2) is 12.0. The van der Waals surface area contributed by atoms with Crippen LogP contribution < -0.4 is 9.91 Å². The van der Waals surface area contributed by atoms with Crippen LogP contribution in [0.1, 0.15) is 25.0 Å². The molecule has 0 saturated carbocycles. The zero-order valence-electron chi connectivity index (χ0n) is 21.9. The molecule has 37 heavy (non-hydrogen) atoms. The lowest BCUT2D eigenvalue weighted by atomic mass is 10.1. The van der Waals surface area contributed by atoms with Gasteiger partial charge in [0, 0.05) is 32.8 Å². The molecule has 1 aromatic carbocycles. The molecule has 1 aliphatic heterocycles. The van der Waals surface area contributed by atoms with Crippen molar-refractivity contribution in [2.75, 3.05) is 56.5 Å². The zero-order chi connectivity index (χ0) is 26.4. The minimum Gasteiger partial charge on any atom is -0.461 e. The van der Waals surface area contributed by atoms with Gasteiger partial charge in [0.05, 0.1) is 44.2 Å². The quantitative estimate of drug-likeness (QED) is 0.178. The molecule has 2 aromatic heterocycles. The van der Waals surface area contributed by atoms with Gasteiger partial charge in [-0.1, -0.05) is 36.4 Å². The number of rotatable bonds is 10. The third-order valence-electron chi connectivity index (χ3n) is 6.10. The summed E-state index contributed by atoms with van der Waals surface area (Å²) in [4.78, 5) is 24.6. The number of morpholine rings is 1. The summed E-state index contributed by atoms with van der Waals surface area (Å²) in [6, 6.07) is 9.92. The SMILES string of the molecule is C=C(C(=O)OCC)N(/N=C(\C)c1cccc(C)c1)c1cc(N2CCOCC2)c2ncn(CCOC)c2n1. The molecule has 1 aliphatic rings. The van der Waals surface area contributed by atoms with Crippen LogP contribution in [0.2, 0.25) is 0 Å². The van der Waals surface area contributed by atoms with E-state index in [4.69, 9.17) is 24.3 Å². The smallest absolute Gasteiger partial charge is 0.356 e. The number of hydrogen-bond donors (Lipinski definition) is 0. The van der Waals surface area contributed by atoms with Gasteiger partial charge in [0.1, 0.15) is 11.2 Å². The summed E-state index contributed by atoms with van der Waals surface area (Å²) < 4.78 is 18.1. The molecule has 1 saturated heterocycles. The lowest BCUT2D eigenvalue weighted by Crippen LogP contribution is -2.36. The Morgan fingerprint density at radius 1 is 1.27 bits per heavy atom. The fourth-order valence-electron chi connectivity index (χ4n) is 4.14. The van der Waals surface area contributed by atoms with Gasteiger partial charge in [-0.3, -0.25) is 0 Å². The average Bonchev–Trinajstić information content (AvgIpc) is 3.33. The van der Waals surface area contributed by atoms with E-state index in [2.05, 4.69) is 16.5 Å². The van der Waals surface area contributed by atoms with Crippen LogP contribution in [0.15, 0.2) is 54.0 Å². The van der Waals surface area contributed by atoms with Crippen molar-refractivity contribution in [3.63, 3.8) is 0 Å². The van der Waals surface area contributed by atoms with Gasteiger partial charge in [-0.25, -0.2) is 19.8 Å². The number of imidazole rings is 1. The molecule has 0 amide bonds. The van der Waals surface area contributed by atoms with E-state index in [9.17, 15) is 4.79 Å². The first-order valence-corrected chi connectivity index (χ1v) is 12.4. The zero-order valence-corrected chi connectivity index (χ0v) is 21.9. The van der Waals surface area contributed by atoms with Gasteiger partial charge in [-0.2, -0.15) is 5.10 Å². The Hall–Kier alpha value is -3.76. The number of ether oxygens (including phenoxy) is 3. The summed E-state index contributed by atoms with van der Waals surface area (Å²) in [6.07, 6.45) is 1.76. The van der Waals surface area contributed by atoms with E-state index in [-0.39, 0.29) is 12.3 Å². The molecule has 0 aliphatic carbocycles. The molecule has 3 heterocycles. The fourth-order valence-corrected chi connectivity index (χ4v) is 4.14. The highest BCUT2D eigenvalue weighted by atomic mass is 16.5. The first-order chi connectivity index (χ1) is 17.9. The number of esters is 1. The number of aromatic nitrogens is 3. The number of fused-ring (bicyclic) bond motifs is 1. The maximum absolute atomic E-state index is 12.8. The van der Waals surface area contributed by atoms with Crippen LogP contribution in [0.5, 0.6) is 0 Å². The number of hydrogen-bond acceptors (Lipinski definition) is 9. The number of benzene rings is 1. The van der Waals surface area contributed by atoms with Crippen molar-refractivity contribution in [2.45, 2.75) is 27.3 Å². The van der Waals surface area contributed by atoms with E-state index in [1.165, 1.54) is 5.01 Å². The Morgan fingerprint density at radius 3 is 2.76 bits per heavy atom. The number of carbonyl (C=O) groups is 1. The van der Waals surface area contributed by atoms with Crippen molar-refractivity contribution in [3.8, 4) is 0 Å². The summed E-state index contributed by atoms with van der Waals surface area (Å²) in [5, 5.41) is 6.29. The molecule has 10 heteroatoms. The van der Waals surface area contributed by atoms with Crippen molar-refractivity contribution in [3.05, 3.63) is 60.1 Å².